The molecular formula is C19H16N2O2S2. The number of aromatic nitrogens is 1. The number of benzene rings is 2. The van der Waals surface area contributed by atoms with Gasteiger partial charge in [-0.15, -0.1) is 0 Å². The largest absolute Gasteiger partial charge is 0.480 e. The van der Waals surface area contributed by atoms with Crippen molar-refractivity contribution in [3.8, 4) is 0 Å². The molecule has 2 aromatic carbocycles. The van der Waals surface area contributed by atoms with E-state index in [2.05, 4.69) is 4.98 Å². The van der Waals surface area contributed by atoms with E-state index in [0.717, 1.165) is 27.1 Å². The fourth-order valence-corrected chi connectivity index (χ4v) is 4.55. The Bertz CT molecular complexity index is 952. The van der Waals surface area contributed by atoms with E-state index in [0.29, 0.717) is 17.3 Å². The average Bonchev–Trinajstić information content (AvgIpc) is 2.99. The van der Waals surface area contributed by atoms with E-state index >= 15 is 0 Å². The van der Waals surface area contributed by atoms with Crippen LogP contribution in [0.4, 0.5) is 0 Å². The average molecular weight is 368 g/mol. The topological polar surface area (TPSA) is 56.3 Å². The number of hydrogen-bond acceptors (Lipinski definition) is 3. The second kappa shape index (κ2) is 6.54. The minimum absolute atomic E-state index is 0.449. The highest BCUT2D eigenvalue weighted by molar-refractivity contribution is 8.22. The Morgan fingerprint density at radius 1 is 1.16 bits per heavy atom. The predicted octanol–water partition coefficient (Wildman–Crippen LogP) is 4.06. The lowest BCUT2D eigenvalue weighted by atomic mass is 9.97. The Morgan fingerprint density at radius 3 is 2.64 bits per heavy atom. The summed E-state index contributed by atoms with van der Waals surface area (Å²) in [6.45, 7) is 0.486. The summed E-state index contributed by atoms with van der Waals surface area (Å²) in [6, 6.07) is 17.2. The molecule has 3 aromatic rings. The molecule has 0 fully saturated rings. The number of nitrogens with zero attached hydrogens (tertiary/aromatic N) is 1. The van der Waals surface area contributed by atoms with Gasteiger partial charge < -0.3 is 15.0 Å². The number of H-pyrrole nitrogens is 1. The lowest BCUT2D eigenvalue weighted by Crippen LogP contribution is -2.47. The van der Waals surface area contributed by atoms with Crippen molar-refractivity contribution in [3.63, 3.8) is 0 Å². The first kappa shape index (κ1) is 16.2. The van der Waals surface area contributed by atoms with E-state index in [4.69, 9.17) is 12.2 Å². The fraction of sp³-hybridized carbons (Fsp3) is 0.158. The van der Waals surface area contributed by atoms with Crippen molar-refractivity contribution >= 4 is 45.2 Å². The molecule has 126 valence electrons. The van der Waals surface area contributed by atoms with E-state index in [-0.39, 0.29) is 0 Å². The number of thiocarbonyl (C=S) groups is 1. The predicted molar refractivity (Wildman–Crippen MR) is 104 cm³/mol. The first-order valence-corrected chi connectivity index (χ1v) is 9.20. The summed E-state index contributed by atoms with van der Waals surface area (Å²) in [6.07, 6.45) is 0.449. The number of hydrogen-bond donors (Lipinski definition) is 2. The summed E-state index contributed by atoms with van der Waals surface area (Å²) in [5.74, 6) is -0.841. The molecule has 1 aromatic heterocycles. The van der Waals surface area contributed by atoms with Crippen molar-refractivity contribution < 1.29 is 9.90 Å². The number of nitrogens with one attached hydrogen (secondary N) is 1. The van der Waals surface area contributed by atoms with Crippen LogP contribution in [0, 0.1) is 0 Å². The lowest BCUT2D eigenvalue weighted by molar-refractivity contribution is -0.142. The smallest absolute Gasteiger partial charge is 0.326 e. The van der Waals surface area contributed by atoms with Crippen LogP contribution in [0.25, 0.3) is 10.9 Å². The third-order valence-corrected chi connectivity index (χ3v) is 5.87. The monoisotopic (exact) mass is 368 g/mol. The quantitative estimate of drug-likeness (QED) is 0.528. The zero-order valence-corrected chi connectivity index (χ0v) is 14.9. The van der Waals surface area contributed by atoms with Gasteiger partial charge in [0.1, 0.15) is 10.4 Å². The molecule has 0 spiro atoms. The Hall–Kier alpha value is -2.31. The number of carboxylic acid groups (broad SMARTS) is 1. The maximum absolute atomic E-state index is 11.9. The van der Waals surface area contributed by atoms with Gasteiger partial charge in [0.25, 0.3) is 0 Å². The molecule has 0 radical (unpaired) electrons. The van der Waals surface area contributed by atoms with E-state index in [9.17, 15) is 9.90 Å². The molecule has 1 atom stereocenters. The minimum atomic E-state index is -0.841. The second-order valence-corrected chi connectivity index (χ2v) is 7.70. The van der Waals surface area contributed by atoms with Gasteiger partial charge in [0.2, 0.25) is 0 Å². The van der Waals surface area contributed by atoms with Gasteiger partial charge in [0.15, 0.2) is 0 Å². The van der Waals surface area contributed by atoms with Gasteiger partial charge in [-0.05, 0) is 23.8 Å². The maximum Gasteiger partial charge on any atom is 0.326 e. The molecular weight excluding hydrogens is 352 g/mol. The van der Waals surface area contributed by atoms with Crippen molar-refractivity contribution in [3.05, 3.63) is 65.9 Å². The highest BCUT2D eigenvalue weighted by atomic mass is 32.2. The molecule has 0 amide bonds. The summed E-state index contributed by atoms with van der Waals surface area (Å²) in [5, 5.41) is 10.8. The van der Waals surface area contributed by atoms with Crippen LogP contribution >= 0.6 is 24.0 Å². The number of aromatic amines is 1. The minimum Gasteiger partial charge on any atom is -0.480 e. The molecule has 1 unspecified atom stereocenters. The zero-order valence-electron chi connectivity index (χ0n) is 13.3. The summed E-state index contributed by atoms with van der Waals surface area (Å²) in [7, 11) is 0. The molecule has 0 bridgehead atoms. The van der Waals surface area contributed by atoms with Gasteiger partial charge in [-0.1, -0.05) is 60.4 Å². The van der Waals surface area contributed by atoms with Gasteiger partial charge >= 0.3 is 5.97 Å². The van der Waals surface area contributed by atoms with Gasteiger partial charge in [-0.3, -0.25) is 0 Å². The number of carboxylic acids is 1. The van der Waals surface area contributed by atoms with Crippen LogP contribution in [0.2, 0.25) is 0 Å². The molecule has 6 heteroatoms. The first-order chi connectivity index (χ1) is 12.1. The molecule has 4 nitrogen and oxygen atoms in total. The number of aliphatic carboxylic acids is 1. The molecule has 2 heterocycles. The van der Waals surface area contributed by atoms with Crippen LogP contribution in [-0.2, 0) is 17.8 Å². The Labute approximate surface area is 154 Å². The number of carbonyl (C=O) groups is 1. The molecule has 0 aliphatic carbocycles. The Kier molecular flexibility index (Phi) is 4.23. The lowest BCUT2D eigenvalue weighted by Gasteiger charge is -2.34. The van der Waals surface area contributed by atoms with E-state index < -0.39 is 12.0 Å². The number of fused-ring (bicyclic) bond motifs is 3. The number of thioether (sulfide) groups is 1. The molecule has 1 aliphatic heterocycles. The molecule has 0 saturated heterocycles. The first-order valence-electron chi connectivity index (χ1n) is 7.98. The second-order valence-electron chi connectivity index (χ2n) is 5.99. The number of rotatable bonds is 2. The van der Waals surface area contributed by atoms with Crippen LogP contribution < -0.4 is 0 Å². The van der Waals surface area contributed by atoms with Crippen LogP contribution in [0.5, 0.6) is 0 Å². The maximum atomic E-state index is 11.9. The fourth-order valence-electron chi connectivity index (χ4n) is 3.27. The van der Waals surface area contributed by atoms with E-state index in [1.54, 1.807) is 0 Å². The van der Waals surface area contributed by atoms with Crippen LogP contribution in [-0.4, -0.2) is 31.3 Å². The molecule has 1 aliphatic rings. The van der Waals surface area contributed by atoms with Crippen molar-refractivity contribution in [1.82, 2.24) is 9.88 Å². The summed E-state index contributed by atoms with van der Waals surface area (Å²) >= 11 is 7.01. The SMILES string of the molecule is O=C(O)C1Cc2c([nH]c3ccccc23)CN1C(=S)Sc1ccccc1. The molecule has 2 N–H and O–H groups in total. The molecule has 0 saturated carbocycles. The summed E-state index contributed by atoms with van der Waals surface area (Å²) < 4.78 is 0.586. The van der Waals surface area contributed by atoms with Crippen molar-refractivity contribution in [1.29, 1.82) is 0 Å². The highest BCUT2D eigenvalue weighted by Gasteiger charge is 2.35. The molecule has 25 heavy (non-hydrogen) atoms. The standard InChI is InChI=1S/C19H16N2O2S2/c22-18(23)17-10-14-13-8-4-5-9-15(13)20-16(14)11-21(17)19(24)25-12-6-2-1-3-7-12/h1-9,17,20H,10-11H2,(H,22,23). The number of para-hydroxylation sites is 1. The highest BCUT2D eigenvalue weighted by Crippen LogP contribution is 2.33. The summed E-state index contributed by atoms with van der Waals surface area (Å²) in [4.78, 5) is 18.1. The van der Waals surface area contributed by atoms with Gasteiger partial charge in [0, 0.05) is 27.9 Å². The van der Waals surface area contributed by atoms with E-state index in [1.165, 1.54) is 11.8 Å². The van der Waals surface area contributed by atoms with Crippen LogP contribution in [0.1, 0.15) is 11.3 Å². The van der Waals surface area contributed by atoms with Crippen LogP contribution in [0.15, 0.2) is 59.5 Å². The van der Waals surface area contributed by atoms with E-state index in [1.807, 2.05) is 59.5 Å². The van der Waals surface area contributed by atoms with Gasteiger partial charge in [-0.2, -0.15) is 0 Å². The summed E-state index contributed by atoms with van der Waals surface area (Å²) in [5.41, 5.74) is 3.18. The Morgan fingerprint density at radius 2 is 1.88 bits per heavy atom. The molecule has 4 rings (SSSR count). The third kappa shape index (κ3) is 3.03. The van der Waals surface area contributed by atoms with Gasteiger partial charge in [0.05, 0.1) is 6.54 Å². The van der Waals surface area contributed by atoms with Crippen molar-refractivity contribution in [2.45, 2.75) is 23.9 Å². The Balaban J connectivity index is 1.67. The van der Waals surface area contributed by atoms with Gasteiger partial charge in [-0.25, -0.2) is 4.79 Å². The van der Waals surface area contributed by atoms with Crippen molar-refractivity contribution in [2.75, 3.05) is 0 Å². The van der Waals surface area contributed by atoms with Crippen LogP contribution in [0.3, 0.4) is 0 Å². The zero-order chi connectivity index (χ0) is 17.4. The van der Waals surface area contributed by atoms with Crippen molar-refractivity contribution in [2.24, 2.45) is 0 Å². The third-order valence-electron chi connectivity index (χ3n) is 4.47. The normalized spacial score (nSPS) is 16.6.